The van der Waals surface area contributed by atoms with E-state index in [2.05, 4.69) is 39.0 Å². The largest absolute Gasteiger partial charge is 0.573 e. The molecule has 0 saturated carbocycles. The number of rotatable bonds is 8. The van der Waals surface area contributed by atoms with Gasteiger partial charge in [0.2, 0.25) is 5.91 Å². The summed E-state index contributed by atoms with van der Waals surface area (Å²) in [5.41, 5.74) is 4.83. The topological polar surface area (TPSA) is 102 Å². The van der Waals surface area contributed by atoms with E-state index in [4.69, 9.17) is 0 Å². The zero-order chi connectivity index (χ0) is 33.0. The van der Waals surface area contributed by atoms with E-state index in [1.807, 2.05) is 68.5 Å². The Morgan fingerprint density at radius 2 is 1.85 bits per heavy atom. The van der Waals surface area contributed by atoms with Crippen LogP contribution in [0.15, 0.2) is 84.1 Å². The number of aliphatic imine (C=N–C) groups is 1. The van der Waals surface area contributed by atoms with E-state index in [-0.39, 0.29) is 29.4 Å². The van der Waals surface area contributed by atoms with Crippen LogP contribution in [-0.4, -0.2) is 50.0 Å². The SMILES string of the molecule is Cc1ccc(C(C)C)c(N2C(=O)CSC2=NC(=O)NC(C)/C=C/c2cccc(-c3ncn(-c4ccc(OC(F)(F)F)cc4)n3)c2)c1. The summed E-state index contributed by atoms with van der Waals surface area (Å²) in [6.45, 7) is 7.89. The lowest BCUT2D eigenvalue weighted by molar-refractivity contribution is -0.274. The summed E-state index contributed by atoms with van der Waals surface area (Å²) in [4.78, 5) is 35.8. The van der Waals surface area contributed by atoms with Gasteiger partial charge >= 0.3 is 12.4 Å². The maximum atomic E-state index is 12.9. The van der Waals surface area contributed by atoms with Crippen molar-refractivity contribution in [1.82, 2.24) is 20.1 Å². The Bertz CT molecular complexity index is 1800. The molecule has 3 amide bonds. The Kier molecular flexibility index (Phi) is 9.61. The van der Waals surface area contributed by atoms with Crippen molar-refractivity contribution in [2.45, 2.75) is 46.0 Å². The highest BCUT2D eigenvalue weighted by Crippen LogP contribution is 2.34. The number of aryl methyl sites for hydroxylation is 1. The number of carbonyl (C=O) groups is 2. The number of amidine groups is 1. The summed E-state index contributed by atoms with van der Waals surface area (Å²) >= 11 is 1.23. The normalized spacial score (nSPS) is 15.3. The molecular formula is C33H31F3N6O3S. The van der Waals surface area contributed by atoms with Crippen LogP contribution in [0, 0.1) is 6.92 Å². The van der Waals surface area contributed by atoms with Gasteiger partial charge in [-0.1, -0.05) is 68.1 Å². The standard InChI is InChI=1S/C33H31F3N6O3S/c1-20(2)27-15-8-21(3)16-28(27)42-29(43)18-46-32(42)39-31(44)38-22(4)9-10-23-6-5-7-24(17-23)30-37-19-41(40-30)25-11-13-26(14-12-25)45-33(34,35)36/h5-17,19-20,22H,18H2,1-4H3,(H,38,44)/b10-9+,39-32?. The van der Waals surface area contributed by atoms with E-state index in [0.29, 0.717) is 16.7 Å². The Balaban J connectivity index is 1.24. The van der Waals surface area contributed by atoms with Crippen LogP contribution >= 0.6 is 11.8 Å². The molecule has 4 aromatic rings. The fourth-order valence-electron chi connectivity index (χ4n) is 4.74. The summed E-state index contributed by atoms with van der Waals surface area (Å²) in [5, 5.41) is 7.63. The van der Waals surface area contributed by atoms with E-state index in [1.165, 1.54) is 51.9 Å². The Morgan fingerprint density at radius 1 is 1.09 bits per heavy atom. The number of amides is 3. The van der Waals surface area contributed by atoms with Crippen molar-refractivity contribution in [3.63, 3.8) is 0 Å². The first-order valence-electron chi connectivity index (χ1n) is 14.4. The molecule has 13 heteroatoms. The number of thioether (sulfide) groups is 1. The van der Waals surface area contributed by atoms with Gasteiger partial charge in [0, 0.05) is 11.6 Å². The molecular weight excluding hydrogens is 617 g/mol. The van der Waals surface area contributed by atoms with Crippen LogP contribution in [0.3, 0.4) is 0 Å². The first kappa shape index (κ1) is 32.5. The minimum Gasteiger partial charge on any atom is -0.406 e. The molecule has 5 rings (SSSR count). The smallest absolute Gasteiger partial charge is 0.406 e. The number of alkyl halides is 3. The number of nitrogens with one attached hydrogen (secondary N) is 1. The Labute approximate surface area is 268 Å². The van der Waals surface area contributed by atoms with Crippen LogP contribution in [0.5, 0.6) is 5.75 Å². The molecule has 3 aromatic carbocycles. The number of carbonyl (C=O) groups excluding carboxylic acids is 2. The lowest BCUT2D eigenvalue weighted by atomic mass is 9.99. The van der Waals surface area contributed by atoms with Crippen LogP contribution in [0.4, 0.5) is 23.7 Å². The number of aromatic nitrogens is 3. The van der Waals surface area contributed by atoms with E-state index in [0.717, 1.165) is 27.9 Å². The van der Waals surface area contributed by atoms with E-state index in [9.17, 15) is 22.8 Å². The molecule has 0 aliphatic carbocycles. The van der Waals surface area contributed by atoms with Gasteiger partial charge in [0.25, 0.3) is 0 Å². The van der Waals surface area contributed by atoms with Gasteiger partial charge in [0.15, 0.2) is 11.0 Å². The molecule has 1 atom stereocenters. The summed E-state index contributed by atoms with van der Waals surface area (Å²) in [7, 11) is 0. The van der Waals surface area contributed by atoms with E-state index < -0.39 is 12.4 Å². The summed E-state index contributed by atoms with van der Waals surface area (Å²) in [5.74, 6) is 0.363. The average Bonchev–Trinajstić information content (AvgIpc) is 3.62. The first-order valence-corrected chi connectivity index (χ1v) is 15.4. The van der Waals surface area contributed by atoms with Crippen molar-refractivity contribution in [2.24, 2.45) is 4.99 Å². The molecule has 238 valence electrons. The van der Waals surface area contributed by atoms with E-state index >= 15 is 0 Å². The molecule has 1 aromatic heterocycles. The van der Waals surface area contributed by atoms with Crippen molar-refractivity contribution >= 4 is 40.6 Å². The zero-order valence-electron chi connectivity index (χ0n) is 25.4. The van der Waals surface area contributed by atoms with Crippen molar-refractivity contribution in [2.75, 3.05) is 10.7 Å². The molecule has 1 saturated heterocycles. The highest BCUT2D eigenvalue weighted by atomic mass is 32.2. The number of benzene rings is 3. The zero-order valence-corrected chi connectivity index (χ0v) is 26.3. The molecule has 2 heterocycles. The predicted molar refractivity (Wildman–Crippen MR) is 173 cm³/mol. The lowest BCUT2D eigenvalue weighted by Crippen LogP contribution is -2.34. The molecule has 1 unspecified atom stereocenters. The third kappa shape index (κ3) is 8.02. The predicted octanol–water partition coefficient (Wildman–Crippen LogP) is 7.51. The number of hydrogen-bond donors (Lipinski definition) is 1. The van der Waals surface area contributed by atoms with Crippen LogP contribution in [0.25, 0.3) is 23.2 Å². The first-order chi connectivity index (χ1) is 21.9. The van der Waals surface area contributed by atoms with Crippen LogP contribution < -0.4 is 15.0 Å². The molecule has 1 fully saturated rings. The highest BCUT2D eigenvalue weighted by molar-refractivity contribution is 8.15. The lowest BCUT2D eigenvalue weighted by Gasteiger charge is -2.22. The van der Waals surface area contributed by atoms with Gasteiger partial charge in [-0.25, -0.2) is 14.5 Å². The van der Waals surface area contributed by atoms with Crippen molar-refractivity contribution in [1.29, 1.82) is 0 Å². The van der Waals surface area contributed by atoms with Gasteiger partial charge in [0.05, 0.1) is 17.1 Å². The number of ether oxygens (including phenoxy) is 1. The molecule has 1 N–H and O–H groups in total. The van der Waals surface area contributed by atoms with Crippen LogP contribution in [0.1, 0.15) is 43.4 Å². The summed E-state index contributed by atoms with van der Waals surface area (Å²) in [6, 6.07) is 17.8. The molecule has 0 spiro atoms. The van der Waals surface area contributed by atoms with Crippen molar-refractivity contribution in [3.05, 3.63) is 95.8 Å². The number of hydrogen-bond acceptors (Lipinski definition) is 6. The average molecular weight is 649 g/mol. The number of halogens is 3. The number of nitrogens with zero attached hydrogens (tertiary/aromatic N) is 5. The second-order valence-corrected chi connectivity index (χ2v) is 11.8. The van der Waals surface area contributed by atoms with Gasteiger partial charge in [-0.15, -0.1) is 18.3 Å². The Hall–Kier alpha value is -4.91. The quantitative estimate of drug-likeness (QED) is 0.212. The summed E-state index contributed by atoms with van der Waals surface area (Å²) in [6.07, 6.45) is 0.364. The third-order valence-corrected chi connectivity index (χ3v) is 7.83. The van der Waals surface area contributed by atoms with Crippen LogP contribution in [0.2, 0.25) is 0 Å². The molecule has 46 heavy (non-hydrogen) atoms. The number of anilines is 1. The molecule has 1 aliphatic heterocycles. The molecule has 1 aliphatic rings. The monoisotopic (exact) mass is 648 g/mol. The third-order valence-electron chi connectivity index (χ3n) is 6.91. The van der Waals surface area contributed by atoms with Gasteiger partial charge in [0.1, 0.15) is 12.1 Å². The van der Waals surface area contributed by atoms with E-state index in [1.54, 1.807) is 0 Å². The fourth-order valence-corrected chi connectivity index (χ4v) is 5.59. The van der Waals surface area contributed by atoms with Gasteiger partial charge in [-0.3, -0.25) is 9.69 Å². The minimum absolute atomic E-state index is 0.121. The second-order valence-electron chi connectivity index (χ2n) is 10.9. The Morgan fingerprint density at radius 3 is 2.57 bits per heavy atom. The van der Waals surface area contributed by atoms with Gasteiger partial charge < -0.3 is 10.1 Å². The highest BCUT2D eigenvalue weighted by Gasteiger charge is 2.33. The fraction of sp³-hybridized carbons (Fsp3) is 0.242. The minimum atomic E-state index is -4.77. The number of urea groups is 1. The molecule has 9 nitrogen and oxygen atoms in total. The van der Waals surface area contributed by atoms with Crippen molar-refractivity contribution in [3.8, 4) is 22.8 Å². The van der Waals surface area contributed by atoms with Gasteiger partial charge in [-0.2, -0.15) is 4.99 Å². The molecule has 0 radical (unpaired) electrons. The maximum Gasteiger partial charge on any atom is 0.573 e. The molecule has 0 bridgehead atoms. The maximum absolute atomic E-state index is 12.9. The second kappa shape index (κ2) is 13.6. The van der Waals surface area contributed by atoms with Crippen LogP contribution in [-0.2, 0) is 4.79 Å². The summed E-state index contributed by atoms with van der Waals surface area (Å²) < 4.78 is 42.7. The van der Waals surface area contributed by atoms with Gasteiger partial charge in [-0.05, 0) is 72.9 Å². The van der Waals surface area contributed by atoms with Crippen molar-refractivity contribution < 1.29 is 27.5 Å².